The van der Waals surface area contributed by atoms with Crippen molar-refractivity contribution in [1.82, 2.24) is 9.55 Å². The van der Waals surface area contributed by atoms with E-state index in [-0.39, 0.29) is 19.8 Å². The first kappa shape index (κ1) is 21.1. The maximum absolute atomic E-state index is 12.5. The predicted octanol–water partition coefficient (Wildman–Crippen LogP) is 4.11. The molecule has 0 aliphatic heterocycles. The Hall–Kier alpha value is -4.13. The summed E-state index contributed by atoms with van der Waals surface area (Å²) in [6.45, 7) is 1.72. The molecule has 0 bridgehead atoms. The number of carbonyl (C=O) groups is 2. The number of fused-ring (bicyclic) bond motifs is 1. The summed E-state index contributed by atoms with van der Waals surface area (Å²) in [7, 11) is 0. The third-order valence-corrected chi connectivity index (χ3v) is 4.83. The SMILES string of the molecule is Cc1ccc(NC(=O)COC(=O)Cn2c(COc3ccccc3)nc3ccccc32)cc1. The Labute approximate surface area is 185 Å². The van der Waals surface area contributed by atoms with Crippen LogP contribution in [0.3, 0.4) is 0 Å². The van der Waals surface area contributed by atoms with Gasteiger partial charge in [-0.05, 0) is 43.3 Å². The summed E-state index contributed by atoms with van der Waals surface area (Å²) >= 11 is 0. The van der Waals surface area contributed by atoms with Crippen molar-refractivity contribution < 1.29 is 19.1 Å². The molecule has 0 unspecified atom stereocenters. The fourth-order valence-electron chi connectivity index (χ4n) is 3.23. The maximum Gasteiger partial charge on any atom is 0.326 e. The number of esters is 1. The lowest BCUT2D eigenvalue weighted by molar-refractivity contribution is -0.147. The van der Waals surface area contributed by atoms with Gasteiger partial charge in [0.15, 0.2) is 6.61 Å². The number of para-hydroxylation sites is 3. The molecule has 32 heavy (non-hydrogen) atoms. The predicted molar refractivity (Wildman–Crippen MR) is 121 cm³/mol. The summed E-state index contributed by atoms with van der Waals surface area (Å²) in [6, 6.07) is 24.3. The van der Waals surface area contributed by atoms with Crippen molar-refractivity contribution in [3.8, 4) is 5.75 Å². The molecule has 4 aromatic rings. The number of hydrogen-bond acceptors (Lipinski definition) is 5. The van der Waals surface area contributed by atoms with Crippen LogP contribution < -0.4 is 10.1 Å². The van der Waals surface area contributed by atoms with E-state index in [0.29, 0.717) is 17.3 Å². The largest absolute Gasteiger partial charge is 0.486 e. The third kappa shape index (κ3) is 5.31. The molecule has 0 aliphatic rings. The normalized spacial score (nSPS) is 10.7. The monoisotopic (exact) mass is 429 g/mol. The van der Waals surface area contributed by atoms with E-state index in [9.17, 15) is 9.59 Å². The zero-order chi connectivity index (χ0) is 22.3. The smallest absolute Gasteiger partial charge is 0.326 e. The van der Waals surface area contributed by atoms with Gasteiger partial charge in [0.05, 0.1) is 11.0 Å². The van der Waals surface area contributed by atoms with E-state index in [2.05, 4.69) is 10.3 Å². The number of benzene rings is 3. The Morgan fingerprint density at radius 2 is 1.66 bits per heavy atom. The lowest BCUT2D eigenvalue weighted by Crippen LogP contribution is -2.23. The average molecular weight is 429 g/mol. The Kier molecular flexibility index (Phi) is 6.46. The minimum atomic E-state index is -0.534. The van der Waals surface area contributed by atoms with Crippen molar-refractivity contribution >= 4 is 28.6 Å². The second-order valence-corrected chi connectivity index (χ2v) is 7.28. The average Bonchev–Trinajstić information content (AvgIpc) is 3.16. The molecule has 1 amide bonds. The minimum Gasteiger partial charge on any atom is -0.486 e. The maximum atomic E-state index is 12.5. The van der Waals surface area contributed by atoms with Gasteiger partial charge in [0.25, 0.3) is 5.91 Å². The lowest BCUT2D eigenvalue weighted by atomic mass is 10.2. The highest BCUT2D eigenvalue weighted by Gasteiger charge is 2.16. The number of aromatic nitrogens is 2. The summed E-state index contributed by atoms with van der Waals surface area (Å²) in [5.41, 5.74) is 3.29. The van der Waals surface area contributed by atoms with Crippen molar-refractivity contribution in [3.63, 3.8) is 0 Å². The number of ether oxygens (including phenoxy) is 2. The standard InChI is InChI=1S/C25H23N3O4/c1-18-11-13-19(14-12-18)26-24(29)17-32-25(30)15-28-22-10-6-5-9-21(22)27-23(28)16-31-20-7-3-2-4-8-20/h2-14H,15-17H2,1H3,(H,26,29). The van der Waals surface area contributed by atoms with Gasteiger partial charge < -0.3 is 19.4 Å². The Bertz CT molecular complexity index is 1220. The molecule has 1 N–H and O–H groups in total. The first-order valence-electron chi connectivity index (χ1n) is 10.2. The highest BCUT2D eigenvalue weighted by atomic mass is 16.5. The zero-order valence-corrected chi connectivity index (χ0v) is 17.7. The second kappa shape index (κ2) is 9.78. The molecule has 0 saturated carbocycles. The van der Waals surface area contributed by atoms with Gasteiger partial charge in [0.1, 0.15) is 24.7 Å². The van der Waals surface area contributed by atoms with Crippen LogP contribution in [0.5, 0.6) is 5.75 Å². The van der Waals surface area contributed by atoms with Gasteiger partial charge >= 0.3 is 5.97 Å². The molecule has 3 aromatic carbocycles. The van der Waals surface area contributed by atoms with Crippen molar-refractivity contribution in [2.45, 2.75) is 20.1 Å². The molecule has 162 valence electrons. The number of amides is 1. The van der Waals surface area contributed by atoms with Gasteiger partial charge in [-0.2, -0.15) is 0 Å². The van der Waals surface area contributed by atoms with E-state index in [1.165, 1.54) is 0 Å². The number of anilines is 1. The van der Waals surface area contributed by atoms with Crippen molar-refractivity contribution in [2.24, 2.45) is 0 Å². The number of rotatable bonds is 8. The number of aryl methyl sites for hydroxylation is 1. The van der Waals surface area contributed by atoms with E-state index in [1.54, 1.807) is 16.7 Å². The molecule has 4 rings (SSSR count). The summed E-state index contributed by atoms with van der Waals surface area (Å²) in [5.74, 6) is 0.371. The first-order valence-corrected chi connectivity index (χ1v) is 10.2. The van der Waals surface area contributed by atoms with Crippen LogP contribution in [0.2, 0.25) is 0 Å². The topological polar surface area (TPSA) is 82.5 Å². The second-order valence-electron chi connectivity index (χ2n) is 7.28. The summed E-state index contributed by atoms with van der Waals surface area (Å²) in [6.07, 6.45) is 0. The number of nitrogens with zero attached hydrogens (tertiary/aromatic N) is 2. The van der Waals surface area contributed by atoms with Crippen LogP contribution >= 0.6 is 0 Å². The van der Waals surface area contributed by atoms with E-state index in [0.717, 1.165) is 16.6 Å². The Morgan fingerprint density at radius 1 is 0.938 bits per heavy atom. The van der Waals surface area contributed by atoms with Gasteiger partial charge in [-0.25, -0.2) is 4.98 Å². The van der Waals surface area contributed by atoms with Crippen molar-refractivity contribution in [2.75, 3.05) is 11.9 Å². The summed E-state index contributed by atoms with van der Waals surface area (Å²) in [5, 5.41) is 2.71. The van der Waals surface area contributed by atoms with Gasteiger partial charge in [-0.3, -0.25) is 9.59 Å². The van der Waals surface area contributed by atoms with Gasteiger partial charge in [-0.1, -0.05) is 48.0 Å². The quantitative estimate of drug-likeness (QED) is 0.426. The molecule has 0 aliphatic carbocycles. The Morgan fingerprint density at radius 3 is 2.44 bits per heavy atom. The van der Waals surface area contributed by atoms with Crippen LogP contribution in [0.1, 0.15) is 11.4 Å². The number of carbonyl (C=O) groups excluding carboxylic acids is 2. The lowest BCUT2D eigenvalue weighted by Gasteiger charge is -2.11. The molecule has 1 aromatic heterocycles. The molecule has 0 spiro atoms. The van der Waals surface area contributed by atoms with Gasteiger partial charge in [0, 0.05) is 5.69 Å². The molecule has 7 heteroatoms. The van der Waals surface area contributed by atoms with Gasteiger partial charge in [-0.15, -0.1) is 0 Å². The fraction of sp³-hybridized carbons (Fsp3) is 0.160. The molecule has 0 atom stereocenters. The molecule has 0 saturated heterocycles. The van der Waals surface area contributed by atoms with E-state index < -0.39 is 11.9 Å². The highest BCUT2D eigenvalue weighted by Crippen LogP contribution is 2.18. The van der Waals surface area contributed by atoms with E-state index >= 15 is 0 Å². The van der Waals surface area contributed by atoms with Gasteiger partial charge in [0.2, 0.25) is 0 Å². The van der Waals surface area contributed by atoms with Crippen LogP contribution in [-0.4, -0.2) is 28.0 Å². The number of nitrogens with one attached hydrogen (secondary N) is 1. The van der Waals surface area contributed by atoms with Crippen LogP contribution in [0.15, 0.2) is 78.9 Å². The van der Waals surface area contributed by atoms with Crippen LogP contribution in [-0.2, 0) is 27.5 Å². The molecule has 0 fully saturated rings. The van der Waals surface area contributed by atoms with E-state index in [1.807, 2.05) is 73.7 Å². The first-order chi connectivity index (χ1) is 15.6. The number of hydrogen-bond donors (Lipinski definition) is 1. The minimum absolute atomic E-state index is 0.0776. The van der Waals surface area contributed by atoms with Crippen LogP contribution in [0, 0.1) is 6.92 Å². The van der Waals surface area contributed by atoms with Crippen molar-refractivity contribution in [3.05, 3.63) is 90.3 Å². The summed E-state index contributed by atoms with van der Waals surface area (Å²) < 4.78 is 12.8. The third-order valence-electron chi connectivity index (χ3n) is 4.83. The molecule has 7 nitrogen and oxygen atoms in total. The Balaban J connectivity index is 1.40. The fourth-order valence-corrected chi connectivity index (χ4v) is 3.23. The molecule has 1 heterocycles. The van der Waals surface area contributed by atoms with Crippen LogP contribution in [0.25, 0.3) is 11.0 Å². The number of imidazole rings is 1. The zero-order valence-electron chi connectivity index (χ0n) is 17.7. The van der Waals surface area contributed by atoms with E-state index in [4.69, 9.17) is 9.47 Å². The molecule has 0 radical (unpaired) electrons. The molecular weight excluding hydrogens is 406 g/mol. The summed E-state index contributed by atoms with van der Waals surface area (Å²) in [4.78, 5) is 29.2. The van der Waals surface area contributed by atoms with Crippen molar-refractivity contribution in [1.29, 1.82) is 0 Å². The molecular formula is C25H23N3O4. The highest BCUT2D eigenvalue weighted by molar-refractivity contribution is 5.92. The van der Waals surface area contributed by atoms with Crippen LogP contribution in [0.4, 0.5) is 5.69 Å².